The van der Waals surface area contributed by atoms with E-state index in [1.54, 1.807) is 0 Å². The van der Waals surface area contributed by atoms with Gasteiger partial charge in [-0.3, -0.25) is 0 Å². The number of aromatic nitrogens is 1. The number of thiazole rings is 1. The first kappa shape index (κ1) is 14.7. The van der Waals surface area contributed by atoms with Crippen LogP contribution in [-0.2, 0) is 19.4 Å². The van der Waals surface area contributed by atoms with Gasteiger partial charge in [-0.1, -0.05) is 41.5 Å². The average molecular weight is 254 g/mol. The van der Waals surface area contributed by atoms with Crippen molar-refractivity contribution in [3.63, 3.8) is 0 Å². The first-order valence-electron chi connectivity index (χ1n) is 6.52. The molecular weight excluding hydrogens is 228 g/mol. The van der Waals surface area contributed by atoms with Crippen molar-refractivity contribution in [2.24, 2.45) is 5.41 Å². The molecule has 17 heavy (non-hydrogen) atoms. The fraction of sp³-hybridized carbons (Fsp3) is 0.786. The van der Waals surface area contributed by atoms with Crippen molar-refractivity contribution in [1.29, 1.82) is 0 Å². The summed E-state index contributed by atoms with van der Waals surface area (Å²) in [6, 6.07) is 0.535. The monoisotopic (exact) mass is 254 g/mol. The maximum absolute atomic E-state index is 4.77. The summed E-state index contributed by atoms with van der Waals surface area (Å²) in [5.41, 5.74) is 1.61. The van der Waals surface area contributed by atoms with Crippen LogP contribution < -0.4 is 5.32 Å². The summed E-state index contributed by atoms with van der Waals surface area (Å²) in [4.78, 5) is 6.19. The minimum absolute atomic E-state index is 0.325. The summed E-state index contributed by atoms with van der Waals surface area (Å²) >= 11 is 1.88. The molecule has 0 amide bonds. The van der Waals surface area contributed by atoms with Gasteiger partial charge >= 0.3 is 0 Å². The molecule has 0 fully saturated rings. The van der Waals surface area contributed by atoms with E-state index in [4.69, 9.17) is 4.98 Å². The Balaban J connectivity index is 2.76. The molecule has 1 N–H and O–H groups in total. The lowest BCUT2D eigenvalue weighted by Crippen LogP contribution is -2.21. The van der Waals surface area contributed by atoms with Crippen molar-refractivity contribution < 1.29 is 0 Å². The second-order valence-electron chi connectivity index (χ2n) is 6.10. The number of rotatable bonds is 5. The molecule has 1 heterocycles. The molecule has 0 aliphatic heterocycles. The van der Waals surface area contributed by atoms with Crippen LogP contribution in [0.25, 0.3) is 0 Å². The van der Waals surface area contributed by atoms with Crippen molar-refractivity contribution in [2.45, 2.75) is 67.0 Å². The van der Waals surface area contributed by atoms with E-state index in [0.717, 1.165) is 19.4 Å². The fourth-order valence-corrected chi connectivity index (χ4v) is 3.09. The zero-order valence-electron chi connectivity index (χ0n) is 12.1. The van der Waals surface area contributed by atoms with E-state index in [1.807, 2.05) is 11.3 Å². The molecule has 0 aliphatic carbocycles. The van der Waals surface area contributed by atoms with Gasteiger partial charge in [0.25, 0.3) is 0 Å². The van der Waals surface area contributed by atoms with Crippen molar-refractivity contribution in [3.05, 3.63) is 15.6 Å². The molecule has 0 unspecified atom stereocenters. The molecule has 0 aromatic carbocycles. The van der Waals surface area contributed by atoms with Gasteiger partial charge in [-0.05, 0) is 11.8 Å². The van der Waals surface area contributed by atoms with E-state index in [2.05, 4.69) is 46.9 Å². The van der Waals surface area contributed by atoms with Crippen LogP contribution >= 0.6 is 11.3 Å². The lowest BCUT2D eigenvalue weighted by atomic mass is 9.93. The van der Waals surface area contributed by atoms with Gasteiger partial charge in [-0.2, -0.15) is 0 Å². The van der Waals surface area contributed by atoms with Crippen LogP contribution in [0.2, 0.25) is 0 Å². The zero-order valence-corrected chi connectivity index (χ0v) is 12.9. The van der Waals surface area contributed by atoms with Crippen LogP contribution in [0, 0.1) is 5.41 Å². The summed E-state index contributed by atoms with van der Waals surface area (Å²) in [5, 5.41) is 4.77. The van der Waals surface area contributed by atoms with Gasteiger partial charge in [-0.25, -0.2) is 4.98 Å². The molecule has 0 saturated carbocycles. The Morgan fingerprint density at radius 2 is 1.94 bits per heavy atom. The van der Waals surface area contributed by atoms with Gasteiger partial charge in [0.2, 0.25) is 0 Å². The highest BCUT2D eigenvalue weighted by Gasteiger charge is 2.16. The van der Waals surface area contributed by atoms with Gasteiger partial charge in [0.05, 0.1) is 10.7 Å². The number of aryl methyl sites for hydroxylation is 1. The lowest BCUT2D eigenvalue weighted by molar-refractivity contribution is 0.410. The summed E-state index contributed by atoms with van der Waals surface area (Å²) < 4.78 is 0. The second kappa shape index (κ2) is 5.96. The van der Waals surface area contributed by atoms with E-state index in [0.29, 0.717) is 11.5 Å². The summed E-state index contributed by atoms with van der Waals surface area (Å²) in [6.45, 7) is 14.3. The van der Waals surface area contributed by atoms with Crippen LogP contribution in [0.4, 0.5) is 0 Å². The van der Waals surface area contributed by atoms with Gasteiger partial charge in [0.1, 0.15) is 0 Å². The second-order valence-corrected chi connectivity index (χ2v) is 7.27. The van der Waals surface area contributed by atoms with Crippen LogP contribution in [0.5, 0.6) is 0 Å². The Morgan fingerprint density at radius 1 is 1.29 bits per heavy atom. The van der Waals surface area contributed by atoms with Crippen LogP contribution in [0.15, 0.2) is 0 Å². The molecule has 98 valence electrons. The van der Waals surface area contributed by atoms with Gasteiger partial charge < -0.3 is 5.32 Å². The Kier molecular flexibility index (Phi) is 5.14. The fourth-order valence-electron chi connectivity index (χ4n) is 1.68. The van der Waals surface area contributed by atoms with E-state index in [9.17, 15) is 0 Å². The molecule has 3 heteroatoms. The Hall–Kier alpha value is -0.410. The average Bonchev–Trinajstić information content (AvgIpc) is 2.54. The lowest BCUT2D eigenvalue weighted by Gasteiger charge is -2.15. The molecular formula is C14H26N2S. The van der Waals surface area contributed by atoms with Crippen molar-refractivity contribution in [3.8, 4) is 0 Å². The molecule has 0 atom stereocenters. The Bertz CT molecular complexity index is 348. The predicted octanol–water partition coefficient (Wildman–Crippen LogP) is 3.79. The standard InChI is InChI=1S/C14H26N2S/c1-7-11-12(9-15-10(2)3)17-13(16-11)8-14(4,5)6/h10,15H,7-9H2,1-6H3. The quantitative estimate of drug-likeness (QED) is 0.864. The third-order valence-corrected chi connectivity index (χ3v) is 3.61. The number of hydrogen-bond acceptors (Lipinski definition) is 3. The van der Waals surface area contributed by atoms with Gasteiger partial charge in [0.15, 0.2) is 0 Å². The third-order valence-electron chi connectivity index (χ3n) is 2.51. The molecule has 1 aromatic rings. The SMILES string of the molecule is CCc1nc(CC(C)(C)C)sc1CNC(C)C. The third kappa shape index (κ3) is 5.17. The predicted molar refractivity (Wildman–Crippen MR) is 76.6 cm³/mol. The highest BCUT2D eigenvalue weighted by atomic mass is 32.1. The molecule has 0 saturated heterocycles. The number of nitrogens with zero attached hydrogens (tertiary/aromatic N) is 1. The molecule has 1 aromatic heterocycles. The first-order valence-corrected chi connectivity index (χ1v) is 7.34. The van der Waals surface area contributed by atoms with Crippen molar-refractivity contribution >= 4 is 11.3 Å². The van der Waals surface area contributed by atoms with E-state index >= 15 is 0 Å². The van der Waals surface area contributed by atoms with E-state index in [-0.39, 0.29) is 0 Å². The highest BCUT2D eigenvalue weighted by molar-refractivity contribution is 7.11. The highest BCUT2D eigenvalue weighted by Crippen LogP contribution is 2.26. The topological polar surface area (TPSA) is 24.9 Å². The van der Waals surface area contributed by atoms with E-state index < -0.39 is 0 Å². The number of hydrogen-bond donors (Lipinski definition) is 1. The van der Waals surface area contributed by atoms with Gasteiger partial charge in [-0.15, -0.1) is 11.3 Å². The molecule has 0 aliphatic rings. The van der Waals surface area contributed by atoms with Crippen LogP contribution in [0.3, 0.4) is 0 Å². The van der Waals surface area contributed by atoms with Crippen LogP contribution in [-0.4, -0.2) is 11.0 Å². The van der Waals surface area contributed by atoms with Crippen molar-refractivity contribution in [2.75, 3.05) is 0 Å². The summed E-state index contributed by atoms with van der Waals surface area (Å²) in [7, 11) is 0. The minimum Gasteiger partial charge on any atom is -0.310 e. The normalized spacial score (nSPS) is 12.4. The first-order chi connectivity index (χ1) is 7.81. The largest absolute Gasteiger partial charge is 0.310 e. The molecule has 2 nitrogen and oxygen atoms in total. The molecule has 0 radical (unpaired) electrons. The minimum atomic E-state index is 0.325. The van der Waals surface area contributed by atoms with Gasteiger partial charge in [0, 0.05) is 23.9 Å². The zero-order chi connectivity index (χ0) is 13.1. The summed E-state index contributed by atoms with van der Waals surface area (Å²) in [5.74, 6) is 0. The Morgan fingerprint density at radius 3 is 2.41 bits per heavy atom. The maximum Gasteiger partial charge on any atom is 0.0936 e. The smallest absolute Gasteiger partial charge is 0.0936 e. The molecule has 0 bridgehead atoms. The van der Waals surface area contributed by atoms with Crippen molar-refractivity contribution in [1.82, 2.24) is 10.3 Å². The molecule has 0 spiro atoms. The van der Waals surface area contributed by atoms with Crippen LogP contribution in [0.1, 0.15) is 57.1 Å². The maximum atomic E-state index is 4.77. The number of nitrogens with one attached hydrogen (secondary N) is 1. The van der Waals surface area contributed by atoms with E-state index in [1.165, 1.54) is 15.6 Å². The Labute approximate surface area is 110 Å². The molecule has 1 rings (SSSR count). The summed E-state index contributed by atoms with van der Waals surface area (Å²) in [6.07, 6.45) is 2.11.